The summed E-state index contributed by atoms with van der Waals surface area (Å²) >= 11 is 6.18. The Morgan fingerprint density at radius 3 is 2.85 bits per heavy atom. The maximum atomic E-state index is 12.7. The Balaban J connectivity index is 1.49. The van der Waals surface area contributed by atoms with Crippen LogP contribution in [0.2, 0.25) is 5.02 Å². The van der Waals surface area contributed by atoms with Crippen molar-refractivity contribution >= 4 is 23.3 Å². The summed E-state index contributed by atoms with van der Waals surface area (Å²) in [4.78, 5) is 15.1. The van der Waals surface area contributed by atoms with Gasteiger partial charge in [-0.15, -0.1) is 0 Å². The van der Waals surface area contributed by atoms with E-state index < -0.39 is 0 Å². The number of anilines is 1. The molecule has 3 rings (SSSR count). The summed E-state index contributed by atoms with van der Waals surface area (Å²) in [5.41, 5.74) is 7.68. The highest BCUT2D eigenvalue weighted by Gasteiger charge is 2.29. The molecule has 1 fully saturated rings. The van der Waals surface area contributed by atoms with Gasteiger partial charge in [-0.1, -0.05) is 11.6 Å². The Bertz CT molecular complexity index is 672. The van der Waals surface area contributed by atoms with Crippen molar-refractivity contribution in [1.29, 1.82) is 0 Å². The van der Waals surface area contributed by atoms with Crippen molar-refractivity contribution in [3.63, 3.8) is 0 Å². The second-order valence-corrected chi connectivity index (χ2v) is 7.85. The van der Waals surface area contributed by atoms with E-state index in [4.69, 9.17) is 31.5 Å². The average molecular weight is 397 g/mol. The molecule has 0 amide bonds. The monoisotopic (exact) mass is 396 g/mol. The van der Waals surface area contributed by atoms with Crippen molar-refractivity contribution in [3.8, 4) is 5.75 Å². The summed E-state index contributed by atoms with van der Waals surface area (Å²) in [5, 5.41) is 0.379. The minimum atomic E-state index is -0.376. The van der Waals surface area contributed by atoms with Crippen LogP contribution in [-0.4, -0.2) is 55.9 Å². The molecule has 1 saturated heterocycles. The SMILES string of the molecule is CC(C)OCCCN1CCC(OC(=O)c2cc(Cl)c(N)c3c2OCC3)CC1. The zero-order valence-electron chi connectivity index (χ0n) is 16.1. The van der Waals surface area contributed by atoms with E-state index in [-0.39, 0.29) is 18.2 Å². The van der Waals surface area contributed by atoms with E-state index in [2.05, 4.69) is 18.7 Å². The van der Waals surface area contributed by atoms with Crippen molar-refractivity contribution in [2.24, 2.45) is 0 Å². The topological polar surface area (TPSA) is 74.0 Å². The fraction of sp³-hybridized carbons (Fsp3) is 0.650. The molecule has 1 aromatic rings. The number of benzene rings is 1. The van der Waals surface area contributed by atoms with Crippen molar-refractivity contribution in [3.05, 3.63) is 22.2 Å². The second-order valence-electron chi connectivity index (χ2n) is 7.45. The van der Waals surface area contributed by atoms with Gasteiger partial charge in [-0.2, -0.15) is 0 Å². The van der Waals surface area contributed by atoms with Gasteiger partial charge in [-0.25, -0.2) is 4.79 Å². The summed E-state index contributed by atoms with van der Waals surface area (Å²) in [5.74, 6) is 0.156. The van der Waals surface area contributed by atoms with Crippen LogP contribution in [0.3, 0.4) is 0 Å². The molecule has 0 aliphatic carbocycles. The van der Waals surface area contributed by atoms with Gasteiger partial charge in [-0.3, -0.25) is 0 Å². The highest BCUT2D eigenvalue weighted by molar-refractivity contribution is 6.33. The molecule has 6 nitrogen and oxygen atoms in total. The first-order valence-corrected chi connectivity index (χ1v) is 10.1. The molecule has 2 aliphatic heterocycles. The van der Waals surface area contributed by atoms with Crippen LogP contribution in [0.15, 0.2) is 6.07 Å². The quantitative estimate of drug-likeness (QED) is 0.433. The Morgan fingerprint density at radius 2 is 2.15 bits per heavy atom. The van der Waals surface area contributed by atoms with Gasteiger partial charge in [0, 0.05) is 38.2 Å². The van der Waals surface area contributed by atoms with Crippen LogP contribution in [0.1, 0.15) is 49.0 Å². The molecule has 7 heteroatoms. The number of nitrogens with zero attached hydrogens (tertiary/aromatic N) is 1. The Hall–Kier alpha value is -1.50. The molecule has 0 aromatic heterocycles. The number of hydrogen-bond acceptors (Lipinski definition) is 6. The third-order valence-corrected chi connectivity index (χ3v) is 5.38. The zero-order chi connectivity index (χ0) is 19.4. The number of rotatable bonds is 7. The molecule has 2 aliphatic rings. The van der Waals surface area contributed by atoms with Crippen LogP contribution >= 0.6 is 11.6 Å². The van der Waals surface area contributed by atoms with Crippen molar-refractivity contribution < 1.29 is 19.0 Å². The summed E-state index contributed by atoms with van der Waals surface area (Å²) in [6.45, 7) is 8.27. The molecule has 0 unspecified atom stereocenters. The molecule has 0 atom stereocenters. The summed E-state index contributed by atoms with van der Waals surface area (Å²) in [7, 11) is 0. The molecule has 0 spiro atoms. The van der Waals surface area contributed by atoms with Crippen molar-refractivity contribution in [2.45, 2.75) is 51.7 Å². The van der Waals surface area contributed by atoms with Gasteiger partial charge in [0.1, 0.15) is 17.4 Å². The van der Waals surface area contributed by atoms with Crippen molar-refractivity contribution in [2.75, 3.05) is 38.6 Å². The third-order valence-electron chi connectivity index (χ3n) is 5.07. The fourth-order valence-corrected chi connectivity index (χ4v) is 3.81. The Kier molecular flexibility index (Phi) is 6.84. The lowest BCUT2D eigenvalue weighted by atomic mass is 10.0. The highest BCUT2D eigenvalue weighted by atomic mass is 35.5. The van der Waals surface area contributed by atoms with E-state index >= 15 is 0 Å². The van der Waals surface area contributed by atoms with Gasteiger partial charge < -0.3 is 24.8 Å². The number of nitrogen functional groups attached to an aromatic ring is 1. The average Bonchev–Trinajstić information content (AvgIpc) is 3.13. The largest absolute Gasteiger partial charge is 0.492 e. The van der Waals surface area contributed by atoms with Crippen LogP contribution in [0.4, 0.5) is 5.69 Å². The first kappa shape index (κ1) is 20.2. The molecular weight excluding hydrogens is 368 g/mol. The van der Waals surface area contributed by atoms with Gasteiger partial charge >= 0.3 is 5.97 Å². The molecule has 0 radical (unpaired) electrons. The fourth-order valence-electron chi connectivity index (χ4n) is 3.59. The molecule has 2 N–H and O–H groups in total. The van der Waals surface area contributed by atoms with E-state index in [0.29, 0.717) is 35.1 Å². The molecule has 2 heterocycles. The van der Waals surface area contributed by atoms with Gasteiger partial charge in [0.05, 0.1) is 23.4 Å². The second kappa shape index (κ2) is 9.13. The zero-order valence-corrected chi connectivity index (χ0v) is 16.9. The number of ether oxygens (including phenoxy) is 3. The third kappa shape index (κ3) is 5.06. The maximum absolute atomic E-state index is 12.7. The van der Waals surface area contributed by atoms with E-state index in [1.54, 1.807) is 6.07 Å². The molecule has 0 saturated carbocycles. The molecule has 0 bridgehead atoms. The number of carbonyl (C=O) groups is 1. The number of halogens is 1. The molecule has 27 heavy (non-hydrogen) atoms. The number of esters is 1. The van der Waals surface area contributed by atoms with Crippen LogP contribution in [0, 0.1) is 0 Å². The van der Waals surface area contributed by atoms with E-state index in [1.807, 2.05) is 0 Å². The first-order chi connectivity index (χ1) is 13.0. The van der Waals surface area contributed by atoms with Crippen molar-refractivity contribution in [1.82, 2.24) is 4.90 Å². The summed E-state index contributed by atoms with van der Waals surface area (Å²) in [6.07, 6.45) is 3.57. The highest BCUT2D eigenvalue weighted by Crippen LogP contribution is 2.39. The number of piperidine rings is 1. The normalized spacial score (nSPS) is 17.8. The Labute approximate surface area is 165 Å². The van der Waals surface area contributed by atoms with E-state index in [0.717, 1.165) is 51.1 Å². The number of nitrogens with two attached hydrogens (primary N) is 1. The van der Waals surface area contributed by atoms with Crippen LogP contribution in [0.5, 0.6) is 5.75 Å². The lowest BCUT2D eigenvalue weighted by molar-refractivity contribution is 0.00927. The van der Waals surface area contributed by atoms with Crippen LogP contribution in [-0.2, 0) is 15.9 Å². The minimum Gasteiger partial charge on any atom is -0.492 e. The minimum absolute atomic E-state index is 0.0750. The van der Waals surface area contributed by atoms with E-state index in [1.165, 1.54) is 0 Å². The summed E-state index contributed by atoms with van der Waals surface area (Å²) < 4.78 is 16.9. The number of hydrogen-bond donors (Lipinski definition) is 1. The molecule has 1 aromatic carbocycles. The van der Waals surface area contributed by atoms with Gasteiger partial charge in [-0.05, 0) is 39.2 Å². The van der Waals surface area contributed by atoms with E-state index in [9.17, 15) is 4.79 Å². The number of carbonyl (C=O) groups excluding carboxylic acids is 1. The molecule has 150 valence electrons. The maximum Gasteiger partial charge on any atom is 0.342 e. The Morgan fingerprint density at radius 1 is 1.41 bits per heavy atom. The van der Waals surface area contributed by atoms with Gasteiger partial charge in [0.2, 0.25) is 0 Å². The standard InChI is InChI=1S/C20H29ClN2O4/c1-13(2)25-10-3-7-23-8-4-14(5-9-23)27-20(24)16-12-17(21)18(22)15-6-11-26-19(15)16/h12-14H,3-11,22H2,1-2H3. The first-order valence-electron chi connectivity index (χ1n) is 9.74. The van der Waals surface area contributed by atoms with Gasteiger partial charge in [0.25, 0.3) is 0 Å². The predicted molar refractivity (Wildman–Crippen MR) is 106 cm³/mol. The number of fused-ring (bicyclic) bond motifs is 1. The predicted octanol–water partition coefficient (Wildman–Crippen LogP) is 3.29. The smallest absolute Gasteiger partial charge is 0.342 e. The van der Waals surface area contributed by atoms with Crippen LogP contribution in [0.25, 0.3) is 0 Å². The summed E-state index contributed by atoms with van der Waals surface area (Å²) in [6, 6.07) is 1.56. The van der Waals surface area contributed by atoms with Crippen LogP contribution < -0.4 is 10.5 Å². The molecular formula is C20H29ClN2O4. The lowest BCUT2D eigenvalue weighted by Crippen LogP contribution is -2.38. The van der Waals surface area contributed by atoms with Gasteiger partial charge in [0.15, 0.2) is 0 Å². The lowest BCUT2D eigenvalue weighted by Gasteiger charge is -2.31. The number of likely N-dealkylation sites (tertiary alicyclic amines) is 1.